The minimum absolute atomic E-state index is 0. The predicted molar refractivity (Wildman–Crippen MR) is 29.3 cm³/mol. The first-order chi connectivity index (χ1) is 2.41. The van der Waals surface area contributed by atoms with Crippen molar-refractivity contribution in [3.63, 3.8) is 0 Å². The van der Waals surface area contributed by atoms with Gasteiger partial charge in [-0.05, 0) is 0 Å². The van der Waals surface area contributed by atoms with Gasteiger partial charge in [0, 0.05) is 14.2 Å². The van der Waals surface area contributed by atoms with Crippen molar-refractivity contribution in [2.75, 3.05) is 14.2 Å². The van der Waals surface area contributed by atoms with E-state index in [4.69, 9.17) is 0 Å². The summed E-state index contributed by atoms with van der Waals surface area (Å²) < 4.78 is 9.22. The third-order valence-electron chi connectivity index (χ3n) is 0.236. The molecule has 0 heterocycles. The van der Waals surface area contributed by atoms with Crippen molar-refractivity contribution in [2.24, 2.45) is 0 Å². The summed E-state index contributed by atoms with van der Waals surface area (Å²) in [6.07, 6.45) is 0. The molecule has 0 unspecified atom stereocenters. The highest BCUT2D eigenvalue weighted by atomic mass is 28.3. The van der Waals surface area contributed by atoms with Crippen LogP contribution in [-0.2, 0) is 8.85 Å². The van der Waals surface area contributed by atoms with Gasteiger partial charge in [0.15, 0.2) is 0 Å². The van der Waals surface area contributed by atoms with E-state index in [0.29, 0.717) is 0 Å². The van der Waals surface area contributed by atoms with E-state index in [-0.39, 0.29) is 7.43 Å². The van der Waals surface area contributed by atoms with Crippen LogP contribution in [0.2, 0.25) is 0 Å². The Balaban J connectivity index is 0. The van der Waals surface area contributed by atoms with Gasteiger partial charge in [0.2, 0.25) is 0 Å². The standard InChI is InChI=1S/C2H8O2Si.CH4/c1-3-5-4-2;/h5H2,1-2H3;1H4. The monoisotopic (exact) mass is 108 g/mol. The van der Waals surface area contributed by atoms with Crippen molar-refractivity contribution < 1.29 is 8.85 Å². The van der Waals surface area contributed by atoms with Crippen LogP contribution < -0.4 is 0 Å². The van der Waals surface area contributed by atoms with Crippen LogP contribution in [-0.4, -0.2) is 24.2 Å². The molecule has 0 rings (SSSR count). The molecule has 0 spiro atoms. The van der Waals surface area contributed by atoms with Crippen molar-refractivity contribution in [2.45, 2.75) is 7.43 Å². The minimum Gasteiger partial charge on any atom is -0.402 e. The van der Waals surface area contributed by atoms with Gasteiger partial charge < -0.3 is 8.85 Å². The fourth-order valence-electron chi connectivity index (χ4n) is 0.118. The molecule has 40 valence electrons. The van der Waals surface area contributed by atoms with E-state index in [2.05, 4.69) is 8.85 Å². The Kier molecular flexibility index (Phi) is 14.1. The van der Waals surface area contributed by atoms with Gasteiger partial charge in [-0.2, -0.15) is 0 Å². The smallest absolute Gasteiger partial charge is 0.303 e. The highest BCUT2D eigenvalue weighted by Crippen LogP contribution is 1.55. The van der Waals surface area contributed by atoms with Gasteiger partial charge in [-0.25, -0.2) is 0 Å². The zero-order valence-corrected chi connectivity index (χ0v) is 4.94. The predicted octanol–water partition coefficient (Wildman–Crippen LogP) is -0.0859. The largest absolute Gasteiger partial charge is 0.402 e. The van der Waals surface area contributed by atoms with Crippen molar-refractivity contribution in [1.82, 2.24) is 0 Å². The van der Waals surface area contributed by atoms with Crippen LogP contribution in [0.3, 0.4) is 0 Å². The lowest BCUT2D eigenvalue weighted by Gasteiger charge is -1.86. The first kappa shape index (κ1) is 9.46. The summed E-state index contributed by atoms with van der Waals surface area (Å²) in [6.45, 7) is 0. The van der Waals surface area contributed by atoms with Crippen molar-refractivity contribution in [3.05, 3.63) is 0 Å². The SMILES string of the molecule is C.CO[SiH2]OC. The maximum atomic E-state index is 4.61. The number of rotatable bonds is 2. The van der Waals surface area contributed by atoms with Gasteiger partial charge in [-0.15, -0.1) is 0 Å². The summed E-state index contributed by atoms with van der Waals surface area (Å²) in [6, 6.07) is 0. The van der Waals surface area contributed by atoms with E-state index in [1.165, 1.54) is 0 Å². The van der Waals surface area contributed by atoms with Gasteiger partial charge >= 0.3 is 10.0 Å². The van der Waals surface area contributed by atoms with Crippen LogP contribution in [0.25, 0.3) is 0 Å². The number of hydrogen-bond acceptors (Lipinski definition) is 2. The lowest BCUT2D eigenvalue weighted by atomic mass is 11.8. The van der Waals surface area contributed by atoms with E-state index in [0.717, 1.165) is 0 Å². The van der Waals surface area contributed by atoms with E-state index >= 15 is 0 Å². The Morgan fingerprint density at radius 3 is 1.50 bits per heavy atom. The zero-order chi connectivity index (χ0) is 4.12. The molecular weight excluding hydrogens is 96.1 g/mol. The van der Waals surface area contributed by atoms with Gasteiger partial charge in [0.05, 0.1) is 0 Å². The van der Waals surface area contributed by atoms with Crippen LogP contribution in [0.15, 0.2) is 0 Å². The molecule has 0 bridgehead atoms. The molecule has 0 aromatic carbocycles. The molecule has 3 heteroatoms. The van der Waals surface area contributed by atoms with Crippen LogP contribution in [0.4, 0.5) is 0 Å². The maximum absolute atomic E-state index is 4.61. The minimum atomic E-state index is -0.568. The molecule has 0 aromatic rings. The quantitative estimate of drug-likeness (QED) is 0.460. The van der Waals surface area contributed by atoms with Crippen LogP contribution in [0.5, 0.6) is 0 Å². The van der Waals surface area contributed by atoms with Crippen LogP contribution in [0.1, 0.15) is 7.43 Å². The first-order valence-electron chi connectivity index (χ1n) is 1.39. The van der Waals surface area contributed by atoms with Crippen molar-refractivity contribution in [3.8, 4) is 0 Å². The van der Waals surface area contributed by atoms with Gasteiger partial charge in [0.1, 0.15) is 0 Å². The van der Waals surface area contributed by atoms with E-state index in [1.807, 2.05) is 0 Å². The molecule has 0 N–H and O–H groups in total. The second-order valence-corrected chi connectivity index (χ2v) is 2.09. The molecule has 0 atom stereocenters. The molecule has 0 aliphatic rings. The van der Waals surface area contributed by atoms with Crippen LogP contribution >= 0.6 is 0 Å². The molecule has 0 amide bonds. The Labute approximate surface area is 41.5 Å². The fraction of sp³-hybridized carbons (Fsp3) is 1.00. The molecule has 2 nitrogen and oxygen atoms in total. The highest BCUT2D eigenvalue weighted by molar-refractivity contribution is 6.17. The summed E-state index contributed by atoms with van der Waals surface area (Å²) in [7, 11) is 2.73. The van der Waals surface area contributed by atoms with Crippen molar-refractivity contribution >= 4 is 10.0 Å². The Bertz CT molecular complexity index is 16.3. The van der Waals surface area contributed by atoms with Crippen molar-refractivity contribution in [1.29, 1.82) is 0 Å². The molecule has 0 radical (unpaired) electrons. The molecule has 0 aromatic heterocycles. The molecule has 0 saturated carbocycles. The third kappa shape index (κ3) is 8.91. The summed E-state index contributed by atoms with van der Waals surface area (Å²) in [5.74, 6) is 0. The maximum Gasteiger partial charge on any atom is 0.303 e. The van der Waals surface area contributed by atoms with E-state index < -0.39 is 10.0 Å². The molecular formula is C3H12O2Si. The second kappa shape index (κ2) is 8.93. The van der Waals surface area contributed by atoms with Gasteiger partial charge in [0.25, 0.3) is 0 Å². The summed E-state index contributed by atoms with van der Waals surface area (Å²) in [5.41, 5.74) is 0. The highest BCUT2D eigenvalue weighted by Gasteiger charge is 1.67. The molecule has 0 saturated heterocycles. The average molecular weight is 108 g/mol. The van der Waals surface area contributed by atoms with E-state index in [9.17, 15) is 0 Å². The topological polar surface area (TPSA) is 18.5 Å². The lowest BCUT2D eigenvalue weighted by Crippen LogP contribution is -1.93. The molecule has 0 fully saturated rings. The Morgan fingerprint density at radius 2 is 1.50 bits per heavy atom. The second-order valence-electron chi connectivity index (χ2n) is 0.695. The fourth-order valence-corrected chi connectivity index (χ4v) is 0.354. The Morgan fingerprint density at radius 1 is 1.17 bits per heavy atom. The molecule has 0 aliphatic heterocycles. The average Bonchev–Trinajstić information content (AvgIpc) is 1.41. The normalized spacial score (nSPS) is 7.00. The van der Waals surface area contributed by atoms with Crippen LogP contribution in [0, 0.1) is 0 Å². The summed E-state index contributed by atoms with van der Waals surface area (Å²) in [4.78, 5) is 0. The first-order valence-corrected chi connectivity index (χ1v) is 2.55. The lowest BCUT2D eigenvalue weighted by molar-refractivity contribution is 0.309. The molecule has 0 aliphatic carbocycles. The zero-order valence-electron chi connectivity index (χ0n) is 3.52. The van der Waals surface area contributed by atoms with Gasteiger partial charge in [-0.3, -0.25) is 0 Å². The Hall–Kier alpha value is 0.137. The number of hydrogen-bond donors (Lipinski definition) is 0. The van der Waals surface area contributed by atoms with Gasteiger partial charge in [-0.1, -0.05) is 7.43 Å². The third-order valence-corrected chi connectivity index (χ3v) is 0.707. The summed E-state index contributed by atoms with van der Waals surface area (Å²) >= 11 is 0. The summed E-state index contributed by atoms with van der Waals surface area (Å²) in [5, 5.41) is 0. The van der Waals surface area contributed by atoms with E-state index in [1.54, 1.807) is 14.2 Å². The molecule has 6 heavy (non-hydrogen) atoms.